The Labute approximate surface area is 132 Å². The normalized spacial score (nSPS) is 25.5. The SMILES string of the molecule is CC[C@H]1[C@@H](C(=O)OCC(C)C)N(C(=O)OC(C)(C)C)C[C@@H]1O. The van der Waals surface area contributed by atoms with Gasteiger partial charge in [0.2, 0.25) is 0 Å². The van der Waals surface area contributed by atoms with Gasteiger partial charge in [-0.25, -0.2) is 9.59 Å². The molecule has 0 radical (unpaired) electrons. The third-order valence-corrected chi connectivity index (χ3v) is 3.52. The van der Waals surface area contributed by atoms with Crippen LogP contribution in [-0.2, 0) is 14.3 Å². The second-order valence-electron chi connectivity index (χ2n) is 7.24. The summed E-state index contributed by atoms with van der Waals surface area (Å²) in [7, 11) is 0. The van der Waals surface area contributed by atoms with Gasteiger partial charge < -0.3 is 14.6 Å². The van der Waals surface area contributed by atoms with Gasteiger partial charge in [-0.1, -0.05) is 20.8 Å². The van der Waals surface area contributed by atoms with Crippen molar-refractivity contribution in [3.05, 3.63) is 0 Å². The van der Waals surface area contributed by atoms with E-state index in [-0.39, 0.29) is 18.4 Å². The van der Waals surface area contributed by atoms with E-state index < -0.39 is 29.8 Å². The van der Waals surface area contributed by atoms with Gasteiger partial charge in [-0.15, -0.1) is 0 Å². The number of carbonyl (C=O) groups is 2. The number of rotatable bonds is 4. The largest absolute Gasteiger partial charge is 0.464 e. The van der Waals surface area contributed by atoms with E-state index in [1.54, 1.807) is 20.8 Å². The Morgan fingerprint density at radius 3 is 2.36 bits per heavy atom. The van der Waals surface area contributed by atoms with Crippen molar-refractivity contribution >= 4 is 12.1 Å². The van der Waals surface area contributed by atoms with Crippen LogP contribution in [0.2, 0.25) is 0 Å². The van der Waals surface area contributed by atoms with E-state index in [9.17, 15) is 14.7 Å². The Morgan fingerprint density at radius 1 is 1.32 bits per heavy atom. The number of β-amino-alcohol motifs (C(OH)–C–C–N with tert-alkyl or cyclic N) is 1. The highest BCUT2D eigenvalue weighted by Crippen LogP contribution is 2.30. The summed E-state index contributed by atoms with van der Waals surface area (Å²) in [5.41, 5.74) is -0.654. The van der Waals surface area contributed by atoms with Gasteiger partial charge in [-0.2, -0.15) is 0 Å². The van der Waals surface area contributed by atoms with Crippen molar-refractivity contribution in [1.82, 2.24) is 4.90 Å². The molecule has 0 saturated carbocycles. The van der Waals surface area contributed by atoms with Crippen LogP contribution in [0.5, 0.6) is 0 Å². The molecule has 0 unspecified atom stereocenters. The number of nitrogens with zero attached hydrogens (tertiary/aromatic N) is 1. The van der Waals surface area contributed by atoms with E-state index >= 15 is 0 Å². The van der Waals surface area contributed by atoms with Gasteiger partial charge in [0.15, 0.2) is 0 Å². The fourth-order valence-electron chi connectivity index (χ4n) is 2.53. The van der Waals surface area contributed by atoms with Gasteiger partial charge in [0.05, 0.1) is 19.3 Å². The van der Waals surface area contributed by atoms with Crippen LogP contribution >= 0.6 is 0 Å². The van der Waals surface area contributed by atoms with Crippen molar-refractivity contribution in [3.63, 3.8) is 0 Å². The van der Waals surface area contributed by atoms with Crippen LogP contribution in [-0.4, -0.2) is 53.0 Å². The molecule has 22 heavy (non-hydrogen) atoms. The number of esters is 1. The highest BCUT2D eigenvalue weighted by Gasteiger charge is 2.48. The van der Waals surface area contributed by atoms with Crippen LogP contribution in [0.15, 0.2) is 0 Å². The highest BCUT2D eigenvalue weighted by atomic mass is 16.6. The Morgan fingerprint density at radius 2 is 1.91 bits per heavy atom. The summed E-state index contributed by atoms with van der Waals surface area (Å²) < 4.78 is 10.6. The number of hydrogen-bond acceptors (Lipinski definition) is 5. The lowest BCUT2D eigenvalue weighted by molar-refractivity contribution is -0.151. The van der Waals surface area contributed by atoms with E-state index in [2.05, 4.69) is 0 Å². The minimum atomic E-state index is -0.784. The average Bonchev–Trinajstić information content (AvgIpc) is 2.70. The topological polar surface area (TPSA) is 76.1 Å². The van der Waals surface area contributed by atoms with Gasteiger partial charge in [-0.3, -0.25) is 4.90 Å². The number of likely N-dealkylation sites (tertiary alicyclic amines) is 1. The van der Waals surface area contributed by atoms with Gasteiger partial charge in [0.25, 0.3) is 0 Å². The number of aliphatic hydroxyl groups excluding tert-OH is 1. The van der Waals surface area contributed by atoms with E-state index in [0.717, 1.165) is 0 Å². The molecule has 1 N–H and O–H groups in total. The summed E-state index contributed by atoms with van der Waals surface area (Å²) in [6, 6.07) is -0.784. The van der Waals surface area contributed by atoms with Crippen molar-refractivity contribution in [2.75, 3.05) is 13.2 Å². The Hall–Kier alpha value is -1.30. The molecule has 0 spiro atoms. The molecule has 1 amide bonds. The van der Waals surface area contributed by atoms with Crippen molar-refractivity contribution < 1.29 is 24.2 Å². The maximum atomic E-state index is 12.4. The molecule has 0 aliphatic carbocycles. The number of hydrogen-bond donors (Lipinski definition) is 1. The fourth-order valence-corrected chi connectivity index (χ4v) is 2.53. The van der Waals surface area contributed by atoms with Crippen LogP contribution in [0.25, 0.3) is 0 Å². The smallest absolute Gasteiger partial charge is 0.411 e. The van der Waals surface area contributed by atoms with E-state index in [0.29, 0.717) is 13.0 Å². The molecule has 0 aromatic carbocycles. The fraction of sp³-hybridized carbons (Fsp3) is 0.875. The molecule has 1 aliphatic heterocycles. The van der Waals surface area contributed by atoms with E-state index in [1.807, 2.05) is 20.8 Å². The molecular weight excluding hydrogens is 286 g/mol. The van der Waals surface area contributed by atoms with Crippen molar-refractivity contribution in [2.24, 2.45) is 11.8 Å². The molecule has 6 nitrogen and oxygen atoms in total. The van der Waals surface area contributed by atoms with Crippen molar-refractivity contribution in [1.29, 1.82) is 0 Å². The quantitative estimate of drug-likeness (QED) is 0.805. The minimum absolute atomic E-state index is 0.0921. The maximum absolute atomic E-state index is 12.4. The minimum Gasteiger partial charge on any atom is -0.464 e. The lowest BCUT2D eigenvalue weighted by atomic mass is 9.95. The Bertz CT molecular complexity index is 402. The first kappa shape index (κ1) is 18.7. The molecule has 1 fully saturated rings. The number of amides is 1. The van der Waals surface area contributed by atoms with E-state index in [4.69, 9.17) is 9.47 Å². The third-order valence-electron chi connectivity index (χ3n) is 3.52. The third kappa shape index (κ3) is 4.87. The molecule has 3 atom stereocenters. The van der Waals surface area contributed by atoms with E-state index in [1.165, 1.54) is 4.90 Å². The molecule has 0 bridgehead atoms. The van der Waals surface area contributed by atoms with Crippen LogP contribution in [0.1, 0.15) is 48.0 Å². The summed E-state index contributed by atoms with van der Waals surface area (Å²) in [5.74, 6) is -0.583. The summed E-state index contributed by atoms with van der Waals surface area (Å²) >= 11 is 0. The zero-order chi connectivity index (χ0) is 17.1. The second-order valence-corrected chi connectivity index (χ2v) is 7.24. The first-order valence-corrected chi connectivity index (χ1v) is 7.91. The highest BCUT2D eigenvalue weighted by molar-refractivity contribution is 5.83. The van der Waals surface area contributed by atoms with Crippen LogP contribution in [0.3, 0.4) is 0 Å². The first-order chi connectivity index (χ1) is 10.1. The zero-order valence-electron chi connectivity index (χ0n) is 14.5. The van der Waals surface area contributed by atoms with Gasteiger partial charge >= 0.3 is 12.1 Å². The lowest BCUT2D eigenvalue weighted by Crippen LogP contribution is -2.46. The van der Waals surface area contributed by atoms with Crippen molar-refractivity contribution in [3.8, 4) is 0 Å². The Kier molecular flexibility index (Phi) is 6.23. The second kappa shape index (κ2) is 7.31. The molecule has 0 aromatic rings. The summed E-state index contributed by atoms with van der Waals surface area (Å²) in [6.07, 6.45) is -0.745. The van der Waals surface area contributed by atoms with Crippen LogP contribution < -0.4 is 0 Å². The van der Waals surface area contributed by atoms with Crippen LogP contribution in [0, 0.1) is 11.8 Å². The summed E-state index contributed by atoms with van der Waals surface area (Å²) in [4.78, 5) is 26.0. The lowest BCUT2D eigenvalue weighted by Gasteiger charge is -2.29. The van der Waals surface area contributed by atoms with Gasteiger partial charge in [-0.05, 0) is 33.1 Å². The predicted octanol–water partition coefficient (Wildman–Crippen LogP) is 2.19. The number of ether oxygens (including phenoxy) is 2. The standard InChI is InChI=1S/C16H29NO5/c1-7-11-12(18)8-17(15(20)22-16(4,5)6)13(11)14(19)21-9-10(2)3/h10-13,18H,7-9H2,1-6H3/t11-,12+,13+/m1/s1. The first-order valence-electron chi connectivity index (χ1n) is 7.91. The Balaban J connectivity index is 2.89. The van der Waals surface area contributed by atoms with Crippen LogP contribution in [0.4, 0.5) is 4.79 Å². The molecular formula is C16H29NO5. The molecule has 1 saturated heterocycles. The summed E-state index contributed by atoms with van der Waals surface area (Å²) in [6.45, 7) is 11.5. The molecule has 1 aliphatic rings. The summed E-state index contributed by atoms with van der Waals surface area (Å²) in [5, 5.41) is 10.1. The maximum Gasteiger partial charge on any atom is 0.411 e. The predicted molar refractivity (Wildman–Crippen MR) is 82.3 cm³/mol. The molecule has 1 heterocycles. The zero-order valence-corrected chi connectivity index (χ0v) is 14.5. The van der Waals surface area contributed by atoms with Crippen molar-refractivity contribution in [2.45, 2.75) is 65.7 Å². The average molecular weight is 315 g/mol. The number of carbonyl (C=O) groups excluding carboxylic acids is 2. The molecule has 6 heteroatoms. The molecule has 128 valence electrons. The molecule has 1 rings (SSSR count). The van der Waals surface area contributed by atoms with Gasteiger partial charge in [0, 0.05) is 5.92 Å². The number of aliphatic hydroxyl groups is 1. The monoisotopic (exact) mass is 315 g/mol. The van der Waals surface area contributed by atoms with Gasteiger partial charge in [0.1, 0.15) is 11.6 Å². The molecule has 0 aromatic heterocycles.